The predicted octanol–water partition coefficient (Wildman–Crippen LogP) is 1.78. The maximum absolute atomic E-state index is 13.1. The third kappa shape index (κ3) is 3.93. The van der Waals surface area contributed by atoms with Gasteiger partial charge in [-0.25, -0.2) is 9.38 Å². The summed E-state index contributed by atoms with van der Waals surface area (Å²) in [5, 5.41) is 0. The highest BCUT2D eigenvalue weighted by Crippen LogP contribution is 2.15. The molecule has 1 aromatic rings. The van der Waals surface area contributed by atoms with Crippen molar-refractivity contribution in [2.75, 3.05) is 0 Å². The number of guanidine groups is 1. The van der Waals surface area contributed by atoms with Crippen LogP contribution >= 0.6 is 28.3 Å². The fraction of sp³-hybridized carbons (Fsp3) is 0.125. The first-order chi connectivity index (χ1) is 6.09. The van der Waals surface area contributed by atoms with Gasteiger partial charge in [-0.05, 0) is 12.1 Å². The summed E-state index contributed by atoms with van der Waals surface area (Å²) in [6, 6.07) is 4.74. The molecule has 4 N–H and O–H groups in total. The number of nitrogens with two attached hydrogens (primary N) is 2. The van der Waals surface area contributed by atoms with Crippen LogP contribution in [0.2, 0.25) is 0 Å². The molecule has 1 aromatic carbocycles. The van der Waals surface area contributed by atoms with Gasteiger partial charge >= 0.3 is 0 Å². The summed E-state index contributed by atoms with van der Waals surface area (Å²) < 4.78 is 13.8. The molecule has 0 saturated heterocycles. The van der Waals surface area contributed by atoms with E-state index in [2.05, 4.69) is 20.9 Å². The number of halogens is 3. The third-order valence-electron chi connectivity index (χ3n) is 1.45. The number of aliphatic imine (C=N–C) groups is 1. The van der Waals surface area contributed by atoms with Crippen molar-refractivity contribution in [3.63, 3.8) is 0 Å². The lowest BCUT2D eigenvalue weighted by Gasteiger charge is -1.99. The van der Waals surface area contributed by atoms with Gasteiger partial charge in [-0.3, -0.25) is 0 Å². The number of hydrogen-bond acceptors (Lipinski definition) is 1. The highest BCUT2D eigenvalue weighted by molar-refractivity contribution is 9.10. The van der Waals surface area contributed by atoms with E-state index in [1.165, 1.54) is 6.07 Å². The molecule has 14 heavy (non-hydrogen) atoms. The average Bonchev–Trinajstić information content (AvgIpc) is 2.02. The third-order valence-corrected chi connectivity index (χ3v) is 1.94. The Labute approximate surface area is 95.9 Å². The Kier molecular flexibility index (Phi) is 5.49. The van der Waals surface area contributed by atoms with Gasteiger partial charge in [0.1, 0.15) is 5.82 Å². The van der Waals surface area contributed by atoms with Crippen molar-refractivity contribution in [1.29, 1.82) is 0 Å². The molecular formula is C8H10BrClFN3. The van der Waals surface area contributed by atoms with Gasteiger partial charge in [0.2, 0.25) is 0 Å². The minimum absolute atomic E-state index is 0. The Balaban J connectivity index is 0.00000169. The number of nitrogens with zero attached hydrogens (tertiary/aromatic N) is 1. The summed E-state index contributed by atoms with van der Waals surface area (Å²) in [5.41, 5.74) is 10.7. The molecule has 0 aliphatic heterocycles. The molecule has 78 valence electrons. The first-order valence-corrected chi connectivity index (χ1v) is 4.38. The SMILES string of the molecule is Cl.NC(N)=NCc1ccc(Br)cc1F. The zero-order valence-corrected chi connectivity index (χ0v) is 9.61. The molecule has 6 heteroatoms. The topological polar surface area (TPSA) is 64.4 Å². The second-order valence-electron chi connectivity index (χ2n) is 2.48. The van der Waals surface area contributed by atoms with Crippen LogP contribution in [0, 0.1) is 5.82 Å². The van der Waals surface area contributed by atoms with Gasteiger partial charge in [0, 0.05) is 10.0 Å². The molecule has 0 amide bonds. The van der Waals surface area contributed by atoms with Gasteiger partial charge in [-0.15, -0.1) is 12.4 Å². The van der Waals surface area contributed by atoms with Crippen LogP contribution < -0.4 is 11.5 Å². The Bertz CT molecular complexity index is 339. The Morgan fingerprint density at radius 3 is 2.57 bits per heavy atom. The molecule has 1 rings (SSSR count). The lowest BCUT2D eigenvalue weighted by atomic mass is 10.2. The van der Waals surface area contributed by atoms with E-state index in [4.69, 9.17) is 11.5 Å². The van der Waals surface area contributed by atoms with Crippen molar-refractivity contribution in [1.82, 2.24) is 0 Å². The van der Waals surface area contributed by atoms with Gasteiger partial charge in [-0.1, -0.05) is 22.0 Å². The van der Waals surface area contributed by atoms with Crippen molar-refractivity contribution in [2.24, 2.45) is 16.5 Å². The van der Waals surface area contributed by atoms with Crippen LogP contribution in [-0.4, -0.2) is 5.96 Å². The van der Waals surface area contributed by atoms with Crippen LogP contribution in [0.1, 0.15) is 5.56 Å². The Hall–Kier alpha value is -0.810. The molecule has 0 bridgehead atoms. The van der Waals surface area contributed by atoms with Crippen LogP contribution in [0.5, 0.6) is 0 Å². The van der Waals surface area contributed by atoms with Crippen molar-refractivity contribution in [2.45, 2.75) is 6.54 Å². The predicted molar refractivity (Wildman–Crippen MR) is 60.9 cm³/mol. The zero-order chi connectivity index (χ0) is 9.84. The van der Waals surface area contributed by atoms with Crippen molar-refractivity contribution in [3.8, 4) is 0 Å². The average molecular weight is 283 g/mol. The van der Waals surface area contributed by atoms with Crippen LogP contribution in [0.15, 0.2) is 27.7 Å². The second kappa shape index (κ2) is 5.82. The normalized spacial score (nSPS) is 9.00. The standard InChI is InChI=1S/C8H9BrFN3.ClH/c9-6-2-1-5(7(10)3-6)4-13-8(11)12;/h1-3H,4H2,(H4,11,12,13);1H. The molecule has 0 aromatic heterocycles. The first-order valence-electron chi connectivity index (χ1n) is 3.59. The molecule has 0 atom stereocenters. The van der Waals surface area contributed by atoms with E-state index in [9.17, 15) is 4.39 Å². The molecule has 0 spiro atoms. The van der Waals surface area contributed by atoms with Crippen molar-refractivity contribution >= 4 is 34.3 Å². The van der Waals surface area contributed by atoms with E-state index in [-0.39, 0.29) is 30.7 Å². The lowest BCUT2D eigenvalue weighted by molar-refractivity contribution is 0.610. The molecular weight excluding hydrogens is 272 g/mol. The largest absolute Gasteiger partial charge is 0.370 e. The minimum Gasteiger partial charge on any atom is -0.370 e. The monoisotopic (exact) mass is 281 g/mol. The molecule has 0 aliphatic rings. The molecule has 3 nitrogen and oxygen atoms in total. The molecule has 0 fully saturated rings. The van der Waals surface area contributed by atoms with Crippen LogP contribution in [0.3, 0.4) is 0 Å². The number of hydrogen-bond donors (Lipinski definition) is 2. The maximum Gasteiger partial charge on any atom is 0.186 e. The summed E-state index contributed by atoms with van der Waals surface area (Å²) in [5.74, 6) is -0.360. The van der Waals surface area contributed by atoms with E-state index < -0.39 is 0 Å². The quantitative estimate of drug-likeness (QED) is 0.641. The first kappa shape index (κ1) is 13.2. The molecule has 0 heterocycles. The van der Waals surface area contributed by atoms with Crippen LogP contribution in [-0.2, 0) is 6.54 Å². The van der Waals surface area contributed by atoms with E-state index in [1.807, 2.05) is 0 Å². The van der Waals surface area contributed by atoms with Crippen LogP contribution in [0.4, 0.5) is 4.39 Å². The van der Waals surface area contributed by atoms with E-state index >= 15 is 0 Å². The van der Waals surface area contributed by atoms with Gasteiger partial charge < -0.3 is 11.5 Å². The summed E-state index contributed by atoms with van der Waals surface area (Å²) in [4.78, 5) is 3.70. The smallest absolute Gasteiger partial charge is 0.186 e. The van der Waals surface area contributed by atoms with Crippen molar-refractivity contribution in [3.05, 3.63) is 34.1 Å². The lowest BCUT2D eigenvalue weighted by Crippen LogP contribution is -2.22. The fourth-order valence-corrected chi connectivity index (χ4v) is 1.16. The number of benzene rings is 1. The molecule has 0 aliphatic carbocycles. The Morgan fingerprint density at radius 1 is 1.43 bits per heavy atom. The minimum atomic E-state index is -0.320. The van der Waals surface area contributed by atoms with Crippen molar-refractivity contribution < 1.29 is 4.39 Å². The van der Waals surface area contributed by atoms with E-state index in [0.29, 0.717) is 10.0 Å². The second-order valence-corrected chi connectivity index (χ2v) is 3.39. The van der Waals surface area contributed by atoms with Crippen LogP contribution in [0.25, 0.3) is 0 Å². The summed E-state index contributed by atoms with van der Waals surface area (Å²) in [7, 11) is 0. The zero-order valence-electron chi connectivity index (χ0n) is 7.21. The highest BCUT2D eigenvalue weighted by atomic mass is 79.9. The fourth-order valence-electron chi connectivity index (χ4n) is 0.826. The summed E-state index contributed by atoms with van der Waals surface area (Å²) >= 11 is 3.15. The Morgan fingerprint density at radius 2 is 2.07 bits per heavy atom. The molecule has 0 saturated carbocycles. The van der Waals surface area contributed by atoms with Gasteiger partial charge in [-0.2, -0.15) is 0 Å². The molecule has 0 radical (unpaired) electrons. The van der Waals surface area contributed by atoms with Gasteiger partial charge in [0.05, 0.1) is 6.54 Å². The van der Waals surface area contributed by atoms with Gasteiger partial charge in [0.15, 0.2) is 5.96 Å². The maximum atomic E-state index is 13.1. The highest BCUT2D eigenvalue weighted by Gasteiger charge is 2.00. The van der Waals surface area contributed by atoms with Gasteiger partial charge in [0.25, 0.3) is 0 Å². The summed E-state index contributed by atoms with van der Waals surface area (Å²) in [6.45, 7) is 0.168. The number of rotatable bonds is 2. The van der Waals surface area contributed by atoms with E-state index in [0.717, 1.165) is 0 Å². The summed E-state index contributed by atoms with van der Waals surface area (Å²) in [6.07, 6.45) is 0. The molecule has 0 unspecified atom stereocenters. The van der Waals surface area contributed by atoms with E-state index in [1.54, 1.807) is 12.1 Å².